The highest BCUT2D eigenvalue weighted by molar-refractivity contribution is 5.78. The van der Waals surface area contributed by atoms with Crippen LogP contribution in [0.4, 0.5) is 0 Å². The first-order valence-electron chi connectivity index (χ1n) is 5.47. The summed E-state index contributed by atoms with van der Waals surface area (Å²) in [6, 6.07) is 0. The summed E-state index contributed by atoms with van der Waals surface area (Å²) in [6.45, 7) is 1.76. The average Bonchev–Trinajstić information content (AvgIpc) is 2.39. The van der Waals surface area contributed by atoms with Crippen LogP contribution in [0.5, 0.6) is 0 Å². The van der Waals surface area contributed by atoms with E-state index in [1.54, 1.807) is 6.92 Å². The van der Waals surface area contributed by atoms with Crippen LogP contribution in [0, 0.1) is 11.8 Å². The number of hydrogen-bond donors (Lipinski definition) is 1. The normalized spacial score (nSPS) is 39.7. The predicted molar refractivity (Wildman–Crippen MR) is 52.2 cm³/mol. The molecule has 3 atom stereocenters. The SMILES string of the molecule is CC1(CC(=O)O)OC(=O)[C@H]2CCCC[C@H]21. The second kappa shape index (κ2) is 3.51. The van der Waals surface area contributed by atoms with Gasteiger partial charge in [0.25, 0.3) is 0 Å². The van der Waals surface area contributed by atoms with Crippen LogP contribution in [0.2, 0.25) is 0 Å². The van der Waals surface area contributed by atoms with Gasteiger partial charge in [-0.05, 0) is 19.8 Å². The zero-order valence-electron chi connectivity index (χ0n) is 8.86. The Morgan fingerprint density at radius 1 is 1.53 bits per heavy atom. The van der Waals surface area contributed by atoms with Crippen molar-refractivity contribution in [2.24, 2.45) is 11.8 Å². The number of esters is 1. The third-order valence-electron chi connectivity index (χ3n) is 3.69. The number of carboxylic acids is 1. The molecule has 4 nitrogen and oxygen atoms in total. The molecule has 2 rings (SSSR count). The molecule has 4 heteroatoms. The van der Waals surface area contributed by atoms with Gasteiger partial charge in [0.15, 0.2) is 0 Å². The fraction of sp³-hybridized carbons (Fsp3) is 0.818. The predicted octanol–water partition coefficient (Wildman–Crippen LogP) is 1.58. The summed E-state index contributed by atoms with van der Waals surface area (Å²) in [4.78, 5) is 22.3. The molecule has 0 aromatic heterocycles. The van der Waals surface area contributed by atoms with Crippen LogP contribution in [0.1, 0.15) is 39.0 Å². The molecule has 0 aromatic rings. The molecule has 2 fully saturated rings. The second-order valence-corrected chi connectivity index (χ2v) is 4.80. The molecule has 15 heavy (non-hydrogen) atoms. The first-order valence-corrected chi connectivity index (χ1v) is 5.47. The standard InChI is InChI=1S/C11H16O4/c1-11(6-9(12)13)8-5-3-2-4-7(8)10(14)15-11/h7-8H,2-6H2,1H3,(H,12,13)/t7-,8+,11?/m0/s1. The molecule has 0 amide bonds. The Bertz CT molecular complexity index is 299. The smallest absolute Gasteiger partial charge is 0.309 e. The van der Waals surface area contributed by atoms with E-state index >= 15 is 0 Å². The minimum atomic E-state index is -0.892. The highest BCUT2D eigenvalue weighted by Gasteiger charge is 2.53. The lowest BCUT2D eigenvalue weighted by molar-refractivity contribution is -0.155. The number of carbonyl (C=O) groups is 2. The summed E-state index contributed by atoms with van der Waals surface area (Å²) in [7, 11) is 0. The molecule has 0 aromatic carbocycles. The molecule has 0 bridgehead atoms. The van der Waals surface area contributed by atoms with Crippen molar-refractivity contribution in [3.63, 3.8) is 0 Å². The Hall–Kier alpha value is -1.06. The van der Waals surface area contributed by atoms with Crippen molar-refractivity contribution in [3.8, 4) is 0 Å². The zero-order valence-corrected chi connectivity index (χ0v) is 8.86. The van der Waals surface area contributed by atoms with E-state index in [9.17, 15) is 9.59 Å². The zero-order chi connectivity index (χ0) is 11.1. The van der Waals surface area contributed by atoms with E-state index in [-0.39, 0.29) is 24.2 Å². The Balaban J connectivity index is 2.19. The Labute approximate surface area is 88.6 Å². The van der Waals surface area contributed by atoms with E-state index in [1.807, 2.05) is 0 Å². The molecule has 1 saturated heterocycles. The van der Waals surface area contributed by atoms with Gasteiger partial charge in [-0.15, -0.1) is 0 Å². The van der Waals surface area contributed by atoms with Gasteiger partial charge in [-0.3, -0.25) is 9.59 Å². The van der Waals surface area contributed by atoms with Crippen LogP contribution in [0.25, 0.3) is 0 Å². The van der Waals surface area contributed by atoms with Crippen molar-refractivity contribution in [3.05, 3.63) is 0 Å². The molecule has 1 saturated carbocycles. The highest BCUT2D eigenvalue weighted by atomic mass is 16.6. The molecule has 1 aliphatic carbocycles. The minimum Gasteiger partial charge on any atom is -0.481 e. The average molecular weight is 212 g/mol. The second-order valence-electron chi connectivity index (χ2n) is 4.80. The van der Waals surface area contributed by atoms with E-state index < -0.39 is 11.6 Å². The van der Waals surface area contributed by atoms with Crippen molar-refractivity contribution in [2.45, 2.75) is 44.6 Å². The van der Waals surface area contributed by atoms with Gasteiger partial charge in [-0.2, -0.15) is 0 Å². The van der Waals surface area contributed by atoms with Crippen molar-refractivity contribution in [1.29, 1.82) is 0 Å². The van der Waals surface area contributed by atoms with Gasteiger partial charge in [-0.25, -0.2) is 0 Å². The third-order valence-corrected chi connectivity index (χ3v) is 3.69. The van der Waals surface area contributed by atoms with Crippen molar-refractivity contribution in [2.75, 3.05) is 0 Å². The number of carbonyl (C=O) groups excluding carboxylic acids is 1. The molecule has 1 aliphatic heterocycles. The molecule has 1 N–H and O–H groups in total. The van der Waals surface area contributed by atoms with E-state index in [2.05, 4.69) is 0 Å². The Morgan fingerprint density at radius 2 is 2.20 bits per heavy atom. The lowest BCUT2D eigenvalue weighted by Gasteiger charge is -2.31. The first-order chi connectivity index (χ1) is 7.03. The monoisotopic (exact) mass is 212 g/mol. The minimum absolute atomic E-state index is 0.0527. The van der Waals surface area contributed by atoms with Gasteiger partial charge in [0, 0.05) is 5.92 Å². The lowest BCUT2D eigenvalue weighted by Crippen LogP contribution is -2.37. The first kappa shape index (κ1) is 10.5. The number of ether oxygens (including phenoxy) is 1. The van der Waals surface area contributed by atoms with Crippen LogP contribution >= 0.6 is 0 Å². The van der Waals surface area contributed by atoms with Crippen LogP contribution < -0.4 is 0 Å². The lowest BCUT2D eigenvalue weighted by atomic mass is 9.72. The number of rotatable bonds is 2. The maximum absolute atomic E-state index is 11.6. The summed E-state index contributed by atoms with van der Waals surface area (Å²) in [5.41, 5.74) is -0.770. The fourth-order valence-electron chi connectivity index (χ4n) is 2.99. The molecule has 1 unspecified atom stereocenters. The number of carboxylic acid groups (broad SMARTS) is 1. The van der Waals surface area contributed by atoms with E-state index in [1.165, 1.54) is 0 Å². The van der Waals surface area contributed by atoms with Crippen LogP contribution in [-0.2, 0) is 14.3 Å². The van der Waals surface area contributed by atoms with Gasteiger partial charge in [0.05, 0.1) is 12.3 Å². The number of hydrogen-bond acceptors (Lipinski definition) is 3. The van der Waals surface area contributed by atoms with Crippen LogP contribution in [0.15, 0.2) is 0 Å². The number of aliphatic carboxylic acids is 1. The molecule has 2 aliphatic rings. The van der Waals surface area contributed by atoms with Gasteiger partial charge < -0.3 is 9.84 Å². The van der Waals surface area contributed by atoms with Crippen molar-refractivity contribution in [1.82, 2.24) is 0 Å². The van der Waals surface area contributed by atoms with Gasteiger partial charge in [-0.1, -0.05) is 12.8 Å². The van der Waals surface area contributed by atoms with Crippen molar-refractivity contribution < 1.29 is 19.4 Å². The summed E-state index contributed by atoms with van der Waals surface area (Å²) in [5, 5.41) is 8.82. The molecule has 0 spiro atoms. The van der Waals surface area contributed by atoms with Gasteiger partial charge >= 0.3 is 11.9 Å². The molecular formula is C11H16O4. The molecular weight excluding hydrogens is 196 g/mol. The summed E-state index contributed by atoms with van der Waals surface area (Å²) in [6.07, 6.45) is 3.84. The van der Waals surface area contributed by atoms with Crippen LogP contribution in [0.3, 0.4) is 0 Å². The molecule has 84 valence electrons. The third kappa shape index (κ3) is 1.73. The topological polar surface area (TPSA) is 63.6 Å². The maximum Gasteiger partial charge on any atom is 0.309 e. The maximum atomic E-state index is 11.6. The number of cyclic esters (lactones) is 1. The summed E-state index contributed by atoms with van der Waals surface area (Å²) in [5.74, 6) is -1.03. The molecule has 1 heterocycles. The van der Waals surface area contributed by atoms with Gasteiger partial charge in [0.1, 0.15) is 5.60 Å². The summed E-state index contributed by atoms with van der Waals surface area (Å²) < 4.78 is 5.29. The quantitative estimate of drug-likeness (QED) is 0.706. The summed E-state index contributed by atoms with van der Waals surface area (Å²) >= 11 is 0. The number of fused-ring (bicyclic) bond motifs is 1. The highest BCUT2D eigenvalue weighted by Crippen LogP contribution is 2.47. The van der Waals surface area contributed by atoms with E-state index in [0.717, 1.165) is 25.7 Å². The largest absolute Gasteiger partial charge is 0.481 e. The van der Waals surface area contributed by atoms with E-state index in [4.69, 9.17) is 9.84 Å². The fourth-order valence-corrected chi connectivity index (χ4v) is 2.99. The van der Waals surface area contributed by atoms with Crippen molar-refractivity contribution >= 4 is 11.9 Å². The van der Waals surface area contributed by atoms with E-state index in [0.29, 0.717) is 0 Å². The Morgan fingerprint density at radius 3 is 2.87 bits per heavy atom. The Kier molecular flexibility index (Phi) is 2.44. The molecule has 0 radical (unpaired) electrons. The van der Waals surface area contributed by atoms with Gasteiger partial charge in [0.2, 0.25) is 0 Å². The van der Waals surface area contributed by atoms with Crippen LogP contribution in [-0.4, -0.2) is 22.6 Å².